The highest BCUT2D eigenvalue weighted by Crippen LogP contribution is 2.30. The Balaban J connectivity index is 1.73. The maximum atomic E-state index is 13.0. The van der Waals surface area contributed by atoms with E-state index in [4.69, 9.17) is 14.9 Å². The maximum Gasteiger partial charge on any atom is 0.433 e. The summed E-state index contributed by atoms with van der Waals surface area (Å²) in [7, 11) is 0. The highest BCUT2D eigenvalue weighted by Gasteiger charge is 2.34. The van der Waals surface area contributed by atoms with E-state index in [1.54, 1.807) is 6.92 Å². The first-order chi connectivity index (χ1) is 12.8. The fraction of sp³-hybridized carbons (Fsp3) is 0.500. The standard InChI is InChI=1S/C16H18F3N5O3/c1-9-22-23-14(26-9)15(25)24-4-2-3-11(8-24)27-13-6-10(7-20)5-12(21-13)16(17,18)19/h5-6,11H,2-4,7-8,20H2,1H3/t11-/m0/s1. The summed E-state index contributed by atoms with van der Waals surface area (Å²) >= 11 is 0. The second-order valence-electron chi connectivity index (χ2n) is 6.16. The number of ether oxygens (including phenoxy) is 1. The number of halogens is 3. The van der Waals surface area contributed by atoms with Gasteiger partial charge >= 0.3 is 18.0 Å². The van der Waals surface area contributed by atoms with E-state index >= 15 is 0 Å². The van der Waals surface area contributed by atoms with Crippen LogP contribution in [0.4, 0.5) is 13.2 Å². The molecule has 0 aromatic carbocycles. The van der Waals surface area contributed by atoms with Gasteiger partial charge in [-0.2, -0.15) is 13.2 Å². The maximum absolute atomic E-state index is 13.0. The minimum Gasteiger partial charge on any atom is -0.472 e. The average molecular weight is 385 g/mol. The van der Waals surface area contributed by atoms with Crippen LogP contribution in [0.2, 0.25) is 0 Å². The molecule has 3 heterocycles. The van der Waals surface area contributed by atoms with E-state index in [1.807, 2.05) is 0 Å². The van der Waals surface area contributed by atoms with Crippen molar-refractivity contribution in [1.29, 1.82) is 0 Å². The summed E-state index contributed by atoms with van der Waals surface area (Å²) in [6.07, 6.45) is -3.92. The van der Waals surface area contributed by atoms with Crippen LogP contribution in [-0.4, -0.2) is 45.2 Å². The quantitative estimate of drug-likeness (QED) is 0.857. The van der Waals surface area contributed by atoms with Gasteiger partial charge in [0.05, 0.1) is 6.54 Å². The number of hydrogen-bond donors (Lipinski definition) is 1. The predicted octanol–water partition coefficient (Wildman–Crippen LogP) is 1.93. The third-order valence-electron chi connectivity index (χ3n) is 4.05. The van der Waals surface area contributed by atoms with E-state index in [1.165, 1.54) is 11.0 Å². The molecule has 1 amide bonds. The molecule has 3 rings (SSSR count). The fourth-order valence-electron chi connectivity index (χ4n) is 2.79. The van der Waals surface area contributed by atoms with Crippen molar-refractivity contribution in [3.63, 3.8) is 0 Å². The van der Waals surface area contributed by atoms with Crippen LogP contribution in [0.1, 0.15) is 40.7 Å². The van der Waals surface area contributed by atoms with Crippen LogP contribution in [0.15, 0.2) is 16.5 Å². The molecule has 0 saturated carbocycles. The lowest BCUT2D eigenvalue weighted by atomic mass is 10.1. The molecular weight excluding hydrogens is 367 g/mol. The lowest BCUT2D eigenvalue weighted by molar-refractivity contribution is -0.141. The molecule has 1 aliphatic rings. The van der Waals surface area contributed by atoms with E-state index in [9.17, 15) is 18.0 Å². The first-order valence-electron chi connectivity index (χ1n) is 8.30. The van der Waals surface area contributed by atoms with E-state index in [0.717, 1.165) is 6.07 Å². The van der Waals surface area contributed by atoms with E-state index in [-0.39, 0.29) is 36.3 Å². The molecule has 0 radical (unpaired) electrons. The van der Waals surface area contributed by atoms with Crippen LogP contribution >= 0.6 is 0 Å². The SMILES string of the molecule is Cc1nnc(C(=O)N2CCC[C@H](Oc3cc(CN)cc(C(F)(F)F)n3)C2)o1. The third kappa shape index (κ3) is 4.54. The summed E-state index contributed by atoms with van der Waals surface area (Å²) in [5.41, 5.74) is 4.66. The molecule has 1 saturated heterocycles. The van der Waals surface area contributed by atoms with Gasteiger partial charge in [0.2, 0.25) is 11.8 Å². The number of hydrogen-bond acceptors (Lipinski definition) is 7. The van der Waals surface area contributed by atoms with Crippen molar-refractivity contribution < 1.29 is 27.1 Å². The molecule has 2 N–H and O–H groups in total. The number of likely N-dealkylation sites (tertiary alicyclic amines) is 1. The minimum atomic E-state index is -4.60. The molecule has 1 fully saturated rings. The molecule has 146 valence electrons. The van der Waals surface area contributed by atoms with Crippen LogP contribution in [-0.2, 0) is 12.7 Å². The molecule has 2 aromatic heterocycles. The van der Waals surface area contributed by atoms with Crippen LogP contribution in [0.25, 0.3) is 0 Å². The van der Waals surface area contributed by atoms with Gasteiger partial charge in [0.1, 0.15) is 11.8 Å². The highest BCUT2D eigenvalue weighted by atomic mass is 19.4. The lowest BCUT2D eigenvalue weighted by Crippen LogP contribution is -2.44. The van der Waals surface area contributed by atoms with Gasteiger partial charge in [-0.1, -0.05) is 0 Å². The molecule has 8 nitrogen and oxygen atoms in total. The Labute approximate surface area is 152 Å². The Hall–Kier alpha value is -2.69. The van der Waals surface area contributed by atoms with E-state index in [2.05, 4.69) is 15.2 Å². The molecule has 0 unspecified atom stereocenters. The molecule has 0 spiro atoms. The Morgan fingerprint density at radius 1 is 1.41 bits per heavy atom. The minimum absolute atomic E-state index is 0.0756. The highest BCUT2D eigenvalue weighted by molar-refractivity contribution is 5.89. The summed E-state index contributed by atoms with van der Waals surface area (Å²) in [5, 5.41) is 7.31. The number of piperidine rings is 1. The molecular formula is C16H18F3N5O3. The van der Waals surface area contributed by atoms with Gasteiger partial charge in [-0.3, -0.25) is 4.79 Å². The Kier molecular flexibility index (Phi) is 5.31. The molecule has 1 aliphatic heterocycles. The Morgan fingerprint density at radius 2 is 2.19 bits per heavy atom. The van der Waals surface area contributed by atoms with Crippen molar-refractivity contribution in [2.45, 2.75) is 38.6 Å². The summed E-state index contributed by atoms with van der Waals surface area (Å²) < 4.78 is 49.7. The first-order valence-corrected chi connectivity index (χ1v) is 8.30. The number of aryl methyl sites for hydroxylation is 1. The number of nitrogens with zero attached hydrogens (tertiary/aromatic N) is 4. The molecule has 11 heteroatoms. The zero-order chi connectivity index (χ0) is 19.6. The smallest absolute Gasteiger partial charge is 0.433 e. The zero-order valence-corrected chi connectivity index (χ0v) is 14.5. The number of carbonyl (C=O) groups is 1. The van der Waals surface area contributed by atoms with Crippen LogP contribution in [0.3, 0.4) is 0 Å². The van der Waals surface area contributed by atoms with Crippen molar-refractivity contribution >= 4 is 5.91 Å². The largest absolute Gasteiger partial charge is 0.472 e. The monoisotopic (exact) mass is 385 g/mol. The summed E-state index contributed by atoms with van der Waals surface area (Å²) in [6, 6.07) is 2.26. The van der Waals surface area contributed by atoms with Crippen molar-refractivity contribution in [2.24, 2.45) is 5.73 Å². The fourth-order valence-corrected chi connectivity index (χ4v) is 2.79. The number of aromatic nitrogens is 3. The van der Waals surface area contributed by atoms with Crippen molar-refractivity contribution in [2.75, 3.05) is 13.1 Å². The Morgan fingerprint density at radius 3 is 2.81 bits per heavy atom. The van der Waals surface area contributed by atoms with Gasteiger partial charge in [-0.25, -0.2) is 4.98 Å². The number of rotatable bonds is 4. The van der Waals surface area contributed by atoms with Gasteiger partial charge in [0, 0.05) is 26.1 Å². The third-order valence-corrected chi connectivity index (χ3v) is 4.05. The van der Waals surface area contributed by atoms with Gasteiger partial charge in [-0.15, -0.1) is 10.2 Å². The van der Waals surface area contributed by atoms with Crippen LogP contribution in [0, 0.1) is 6.92 Å². The number of nitrogens with two attached hydrogens (primary N) is 1. The normalized spacial score (nSPS) is 17.8. The van der Waals surface area contributed by atoms with Crippen LogP contribution in [0.5, 0.6) is 5.88 Å². The van der Waals surface area contributed by atoms with Crippen molar-refractivity contribution in [3.8, 4) is 5.88 Å². The van der Waals surface area contributed by atoms with Crippen LogP contribution < -0.4 is 10.5 Å². The molecule has 0 aliphatic carbocycles. The molecule has 1 atom stereocenters. The van der Waals surface area contributed by atoms with Gasteiger partial charge < -0.3 is 19.8 Å². The lowest BCUT2D eigenvalue weighted by Gasteiger charge is -2.31. The summed E-state index contributed by atoms with van der Waals surface area (Å²) in [6.45, 7) is 2.13. The topological polar surface area (TPSA) is 107 Å². The Bertz CT molecular complexity index is 824. The summed E-state index contributed by atoms with van der Waals surface area (Å²) in [4.78, 5) is 17.4. The van der Waals surface area contributed by atoms with Gasteiger partial charge in [0.15, 0.2) is 0 Å². The van der Waals surface area contributed by atoms with Gasteiger partial charge in [0.25, 0.3) is 0 Å². The average Bonchev–Trinajstić information content (AvgIpc) is 3.06. The zero-order valence-electron chi connectivity index (χ0n) is 14.5. The van der Waals surface area contributed by atoms with Crippen molar-refractivity contribution in [3.05, 3.63) is 35.2 Å². The van der Waals surface area contributed by atoms with Gasteiger partial charge in [-0.05, 0) is 24.5 Å². The molecule has 27 heavy (non-hydrogen) atoms. The number of pyridine rings is 1. The number of carbonyl (C=O) groups excluding carboxylic acids is 1. The number of amides is 1. The van der Waals surface area contributed by atoms with E-state index < -0.39 is 23.9 Å². The second kappa shape index (κ2) is 7.51. The predicted molar refractivity (Wildman–Crippen MR) is 85.7 cm³/mol. The second-order valence-corrected chi connectivity index (χ2v) is 6.16. The molecule has 0 bridgehead atoms. The molecule has 2 aromatic rings. The number of alkyl halides is 3. The summed E-state index contributed by atoms with van der Waals surface area (Å²) in [5.74, 6) is -0.469. The first kappa shape index (κ1) is 19.1. The van der Waals surface area contributed by atoms with E-state index in [0.29, 0.717) is 19.4 Å². The van der Waals surface area contributed by atoms with Crippen molar-refractivity contribution in [1.82, 2.24) is 20.1 Å².